The second kappa shape index (κ2) is 12.9. The minimum atomic E-state index is -6.66. The van der Waals surface area contributed by atoms with Crippen molar-refractivity contribution >= 4 is 17.8 Å². The fourth-order valence-corrected chi connectivity index (χ4v) is 2.91. The number of hydrogen-bond donors (Lipinski definition) is 0. The molecule has 0 radical (unpaired) electrons. The highest BCUT2D eigenvalue weighted by Crippen LogP contribution is 2.42. The van der Waals surface area contributed by atoms with Crippen molar-refractivity contribution in [3.05, 3.63) is 23.8 Å². The van der Waals surface area contributed by atoms with Crippen molar-refractivity contribution in [1.29, 1.82) is 0 Å². The molecule has 22 heteroatoms. The van der Waals surface area contributed by atoms with Crippen LogP contribution in [0.25, 0.3) is 0 Å². The number of carbonyl (C=O) groups excluding carboxylic acids is 3. The number of ether oxygens (including phenoxy) is 3. The van der Waals surface area contributed by atoms with Crippen molar-refractivity contribution in [1.82, 2.24) is 4.90 Å². The van der Waals surface area contributed by atoms with Gasteiger partial charge in [-0.2, -0.15) is 65.9 Å². The van der Waals surface area contributed by atoms with Crippen molar-refractivity contribution in [2.75, 3.05) is 13.2 Å². The molecule has 0 aliphatic carbocycles. The summed E-state index contributed by atoms with van der Waals surface area (Å²) < 4.78 is 208. The molecule has 1 atom stereocenters. The molecule has 0 aliphatic rings. The summed E-state index contributed by atoms with van der Waals surface area (Å²) in [5.74, 6) is -32.1. The molecule has 0 saturated carbocycles. The van der Waals surface area contributed by atoms with Gasteiger partial charge in [-0.25, -0.2) is 9.59 Å². The fourth-order valence-electron chi connectivity index (χ4n) is 2.91. The molecule has 1 aromatic rings. The molecule has 1 rings (SSSR count). The van der Waals surface area contributed by atoms with E-state index >= 15 is 0 Å². The van der Waals surface area contributed by atoms with Gasteiger partial charge >= 0.3 is 54.1 Å². The topological polar surface area (TPSA) is 82.1 Å². The largest absolute Gasteiger partial charge is 0.465 e. The highest BCUT2D eigenvalue weighted by molar-refractivity contribution is 5.85. The molecular formula is C22H18F15NO6. The van der Waals surface area contributed by atoms with Gasteiger partial charge in [0.15, 0.2) is 11.5 Å². The zero-order valence-corrected chi connectivity index (χ0v) is 21.9. The van der Waals surface area contributed by atoms with Crippen LogP contribution in [-0.4, -0.2) is 78.2 Å². The second-order valence-corrected chi connectivity index (χ2v) is 8.70. The first-order valence-corrected chi connectivity index (χ1v) is 11.4. The van der Waals surface area contributed by atoms with Gasteiger partial charge in [0.25, 0.3) is 0 Å². The maximum atomic E-state index is 13.8. The van der Waals surface area contributed by atoms with E-state index in [0.29, 0.717) is 6.07 Å². The van der Waals surface area contributed by atoms with E-state index in [0.717, 1.165) is 13.8 Å². The van der Waals surface area contributed by atoms with E-state index in [1.54, 1.807) is 0 Å². The first-order valence-electron chi connectivity index (χ1n) is 11.4. The van der Waals surface area contributed by atoms with Gasteiger partial charge in [0.05, 0.1) is 6.54 Å². The monoisotopic (exact) mass is 677 g/mol. The van der Waals surface area contributed by atoms with Gasteiger partial charge in [-0.3, -0.25) is 4.79 Å². The van der Waals surface area contributed by atoms with Gasteiger partial charge < -0.3 is 19.1 Å². The molecule has 0 bridgehead atoms. The molecular weight excluding hydrogens is 659 g/mol. The second-order valence-electron chi connectivity index (χ2n) is 8.70. The Labute approximate surface area is 235 Å². The van der Waals surface area contributed by atoms with Crippen LogP contribution in [0.1, 0.15) is 32.4 Å². The lowest BCUT2D eigenvalue weighted by atomic mass is 10.1. The first kappa shape index (κ1) is 38.6. The lowest BCUT2D eigenvalue weighted by Gasteiger charge is -2.34. The Morgan fingerprint density at radius 3 is 1.45 bits per heavy atom. The summed E-state index contributed by atoms with van der Waals surface area (Å²) in [5.41, 5.74) is -0.749. The average Bonchev–Trinajstić information content (AvgIpc) is 2.84. The van der Waals surface area contributed by atoms with Gasteiger partial charge in [0.2, 0.25) is 0 Å². The van der Waals surface area contributed by atoms with Crippen LogP contribution in [-0.2, 0) is 19.1 Å². The van der Waals surface area contributed by atoms with Crippen LogP contribution in [0.3, 0.4) is 0 Å². The number of benzene rings is 1. The van der Waals surface area contributed by atoms with E-state index in [1.165, 1.54) is 6.92 Å². The molecule has 0 aliphatic heterocycles. The molecule has 44 heavy (non-hydrogen) atoms. The number of nitrogens with zero attached hydrogens (tertiary/aromatic N) is 1. The van der Waals surface area contributed by atoms with Gasteiger partial charge in [0.1, 0.15) is 6.10 Å². The molecule has 252 valence electrons. The SMILES string of the molecule is CCOC(CN(C(=O)C(F)(F)C(F)(F)F)C(C)C)c1ccc(OC(=O)C(F)(F)C(F)(F)F)c(OC(=O)C(F)(F)C(F)(F)F)c1. The van der Waals surface area contributed by atoms with E-state index < -0.39 is 96.5 Å². The Morgan fingerprint density at radius 1 is 0.682 bits per heavy atom. The summed E-state index contributed by atoms with van der Waals surface area (Å²) in [6.07, 6.45) is -21.6. The summed E-state index contributed by atoms with van der Waals surface area (Å²) in [7, 11) is 0. The smallest absolute Gasteiger partial charge is 0.418 e. The van der Waals surface area contributed by atoms with Gasteiger partial charge in [0, 0.05) is 12.6 Å². The molecule has 7 nitrogen and oxygen atoms in total. The third-order valence-corrected chi connectivity index (χ3v) is 5.21. The van der Waals surface area contributed by atoms with Crippen LogP contribution in [0.2, 0.25) is 0 Å². The Bertz CT molecular complexity index is 1210. The zero-order valence-electron chi connectivity index (χ0n) is 21.9. The van der Waals surface area contributed by atoms with E-state index in [1.807, 2.05) is 0 Å². The van der Waals surface area contributed by atoms with Crippen LogP contribution >= 0.6 is 0 Å². The van der Waals surface area contributed by atoms with Crippen LogP contribution in [0.4, 0.5) is 65.9 Å². The molecule has 0 heterocycles. The highest BCUT2D eigenvalue weighted by atomic mass is 19.4. The van der Waals surface area contributed by atoms with Crippen LogP contribution in [0, 0.1) is 0 Å². The summed E-state index contributed by atoms with van der Waals surface area (Å²) in [6, 6.07) is -0.819. The Hall–Kier alpha value is -3.46. The van der Waals surface area contributed by atoms with Crippen LogP contribution in [0.15, 0.2) is 18.2 Å². The van der Waals surface area contributed by atoms with Crippen molar-refractivity contribution < 1.29 is 94.5 Å². The summed E-state index contributed by atoms with van der Waals surface area (Å²) in [4.78, 5) is 35.1. The van der Waals surface area contributed by atoms with Gasteiger partial charge in [-0.1, -0.05) is 6.07 Å². The molecule has 0 saturated heterocycles. The average molecular weight is 677 g/mol. The lowest BCUT2D eigenvalue weighted by molar-refractivity contribution is -0.277. The summed E-state index contributed by atoms with van der Waals surface area (Å²) in [6.45, 7) is 1.30. The number of amides is 1. The normalized spacial score (nSPS) is 14.3. The van der Waals surface area contributed by atoms with Crippen molar-refractivity contribution in [2.24, 2.45) is 0 Å². The van der Waals surface area contributed by atoms with E-state index in [9.17, 15) is 80.2 Å². The third kappa shape index (κ3) is 8.17. The fraction of sp³-hybridized carbons (Fsp3) is 0.591. The Balaban J connectivity index is 3.73. The van der Waals surface area contributed by atoms with Crippen LogP contribution in [0.5, 0.6) is 11.5 Å². The van der Waals surface area contributed by atoms with E-state index in [4.69, 9.17) is 4.74 Å². The van der Waals surface area contributed by atoms with E-state index in [-0.39, 0.29) is 17.0 Å². The molecule has 1 unspecified atom stereocenters. The first-order chi connectivity index (χ1) is 19.5. The number of halogens is 15. The maximum absolute atomic E-state index is 13.8. The Morgan fingerprint density at radius 2 is 1.09 bits per heavy atom. The quantitative estimate of drug-likeness (QED) is 0.153. The molecule has 0 aromatic heterocycles. The predicted molar refractivity (Wildman–Crippen MR) is 112 cm³/mol. The van der Waals surface area contributed by atoms with E-state index in [2.05, 4.69) is 9.47 Å². The standard InChI is InChI=1S/C22H18F15NO6/c1-4-42-13(8-38(9(2)3)14(39)17(23,24)20(29,30)31)10-5-6-11(43-15(40)18(25,26)21(32,33)34)12(7-10)44-16(41)19(27,28)22(35,36)37/h5-7,9,13H,4,8H2,1-3H3. The predicted octanol–water partition coefficient (Wildman–Crippen LogP) is 6.40. The highest BCUT2D eigenvalue weighted by Gasteiger charge is 2.67. The molecule has 1 aromatic carbocycles. The number of rotatable bonds is 11. The number of esters is 2. The van der Waals surface area contributed by atoms with Gasteiger partial charge in [-0.05, 0) is 38.5 Å². The Kier molecular flexibility index (Phi) is 11.3. The number of carbonyl (C=O) groups is 3. The summed E-state index contributed by atoms with van der Waals surface area (Å²) >= 11 is 0. The third-order valence-electron chi connectivity index (χ3n) is 5.21. The van der Waals surface area contributed by atoms with Crippen LogP contribution < -0.4 is 9.47 Å². The lowest BCUT2D eigenvalue weighted by Crippen LogP contribution is -2.55. The van der Waals surface area contributed by atoms with Crippen molar-refractivity contribution in [3.63, 3.8) is 0 Å². The zero-order chi connectivity index (χ0) is 34.9. The molecule has 0 N–H and O–H groups in total. The molecule has 1 amide bonds. The van der Waals surface area contributed by atoms with Gasteiger partial charge in [-0.15, -0.1) is 0 Å². The minimum absolute atomic E-state index is 0.0733. The van der Waals surface area contributed by atoms with Crippen molar-refractivity contribution in [2.45, 2.75) is 69.2 Å². The number of hydrogen-bond acceptors (Lipinski definition) is 6. The molecule has 0 fully saturated rings. The maximum Gasteiger partial charge on any atom is 0.465 e. The summed E-state index contributed by atoms with van der Waals surface area (Å²) in [5, 5.41) is 0. The van der Waals surface area contributed by atoms with Crippen molar-refractivity contribution in [3.8, 4) is 11.5 Å². The number of alkyl halides is 15. The molecule has 0 spiro atoms. The minimum Gasteiger partial charge on any atom is -0.418 e.